The molecule has 0 radical (unpaired) electrons. The number of hydrogen-bond donors (Lipinski definition) is 4. The number of nitrogens with one attached hydrogen (secondary N) is 1. The van der Waals surface area contributed by atoms with E-state index >= 15 is 0 Å². The van der Waals surface area contributed by atoms with Gasteiger partial charge in [-0.3, -0.25) is 18.9 Å². The van der Waals surface area contributed by atoms with E-state index in [-0.39, 0.29) is 24.2 Å². The number of rotatable bonds is 5. The van der Waals surface area contributed by atoms with Gasteiger partial charge >= 0.3 is 0 Å². The molecule has 202 valence electrons. The highest BCUT2D eigenvalue weighted by Crippen LogP contribution is 2.66. The molecule has 4 heterocycles. The number of pyridine rings is 1. The number of nitrogens with two attached hydrogens (primary N) is 1. The summed E-state index contributed by atoms with van der Waals surface area (Å²) in [5, 5.41) is 2.22. The number of nitrogens with zero attached hydrogens (tertiary/aromatic N) is 3. The third kappa shape index (κ3) is 4.38. The van der Waals surface area contributed by atoms with Gasteiger partial charge in [-0.15, -0.1) is 0 Å². The van der Waals surface area contributed by atoms with E-state index in [1.165, 1.54) is 18.7 Å². The molecule has 0 aliphatic carbocycles. The summed E-state index contributed by atoms with van der Waals surface area (Å²) >= 11 is 0. The number of ether oxygens (including phenoxy) is 2. The molecule has 0 saturated carbocycles. The van der Waals surface area contributed by atoms with Crippen LogP contribution in [0.25, 0.3) is 0 Å². The molecule has 0 spiro atoms. The fourth-order valence-electron chi connectivity index (χ4n) is 4.82. The van der Waals surface area contributed by atoms with Crippen molar-refractivity contribution >= 4 is 28.0 Å². The zero-order valence-electron chi connectivity index (χ0n) is 21.5. The van der Waals surface area contributed by atoms with E-state index in [0.29, 0.717) is 35.1 Å². The zero-order valence-corrected chi connectivity index (χ0v) is 22.4. The number of carbonyl (C=O) groups excluding carboxylic acids is 1. The minimum atomic E-state index is -3.23. The largest absolute Gasteiger partial charge is 0.490 e. The van der Waals surface area contributed by atoms with Gasteiger partial charge in [0.2, 0.25) is 5.89 Å². The van der Waals surface area contributed by atoms with Crippen LogP contribution >= 0.6 is 10.6 Å². The molecule has 1 aromatic carbocycles. The Morgan fingerprint density at radius 1 is 1.24 bits per heavy atom. The molecule has 2 aromatic heterocycles. The second-order valence-corrected chi connectivity index (χ2v) is 12.9. The summed E-state index contributed by atoms with van der Waals surface area (Å²) in [5.74, 6) is 1.19. The van der Waals surface area contributed by atoms with Crippen molar-refractivity contribution in [1.82, 2.24) is 9.97 Å². The molecular formula is C26H31N5O6S. The maximum absolute atomic E-state index is 13.0. The Hall–Kier alpha value is -3.61. The van der Waals surface area contributed by atoms with Gasteiger partial charge in [0.25, 0.3) is 5.91 Å². The predicted octanol–water partition coefficient (Wildman–Crippen LogP) is 4.56. The lowest BCUT2D eigenvalue weighted by atomic mass is 9.85. The van der Waals surface area contributed by atoms with Crippen molar-refractivity contribution in [2.24, 2.45) is 10.7 Å². The second-order valence-electron chi connectivity index (χ2n) is 10.2. The van der Waals surface area contributed by atoms with Crippen LogP contribution in [-0.4, -0.2) is 46.9 Å². The number of amidine groups is 1. The number of anilines is 1. The van der Waals surface area contributed by atoms with Crippen LogP contribution in [0.2, 0.25) is 0 Å². The van der Waals surface area contributed by atoms with Crippen molar-refractivity contribution in [3.8, 4) is 11.5 Å². The minimum Gasteiger partial charge on any atom is -0.490 e. The molecule has 5 rings (SSSR count). The Morgan fingerprint density at radius 2 is 2.03 bits per heavy atom. The highest BCUT2D eigenvalue weighted by atomic mass is 32.3. The predicted molar refractivity (Wildman–Crippen MR) is 144 cm³/mol. The number of carbonyl (C=O) groups is 1. The monoisotopic (exact) mass is 541 g/mol. The van der Waals surface area contributed by atoms with Gasteiger partial charge in [-0.05, 0) is 58.0 Å². The summed E-state index contributed by atoms with van der Waals surface area (Å²) in [7, 11) is -3.23. The molecule has 0 bridgehead atoms. The van der Waals surface area contributed by atoms with Crippen molar-refractivity contribution in [3.05, 3.63) is 66.1 Å². The fraction of sp³-hybridized carbons (Fsp3) is 0.385. The maximum atomic E-state index is 13.0. The van der Waals surface area contributed by atoms with E-state index < -0.39 is 32.0 Å². The first-order valence-corrected chi connectivity index (χ1v) is 13.7. The average Bonchev–Trinajstić information content (AvgIpc) is 3.36. The average molecular weight is 542 g/mol. The van der Waals surface area contributed by atoms with Gasteiger partial charge in [-0.1, -0.05) is 0 Å². The minimum absolute atomic E-state index is 0.144. The summed E-state index contributed by atoms with van der Waals surface area (Å²) in [6.07, 6.45) is 4.53. The van der Waals surface area contributed by atoms with Crippen LogP contribution < -0.4 is 20.5 Å². The van der Waals surface area contributed by atoms with Crippen LogP contribution in [-0.2, 0) is 12.1 Å². The highest BCUT2D eigenvalue weighted by Gasteiger charge is 2.58. The molecule has 38 heavy (non-hydrogen) atoms. The summed E-state index contributed by atoms with van der Waals surface area (Å²) in [5.41, 5.74) is 6.51. The van der Waals surface area contributed by atoms with Gasteiger partial charge in [-0.25, -0.2) is 9.97 Å². The van der Waals surface area contributed by atoms with Crippen molar-refractivity contribution in [3.63, 3.8) is 0 Å². The Bertz CT molecular complexity index is 1380. The van der Waals surface area contributed by atoms with E-state index in [2.05, 4.69) is 15.3 Å². The van der Waals surface area contributed by atoms with E-state index in [4.69, 9.17) is 24.6 Å². The Labute approximate surface area is 221 Å². The Kier molecular flexibility index (Phi) is 6.36. The van der Waals surface area contributed by atoms with Gasteiger partial charge < -0.3 is 24.9 Å². The van der Waals surface area contributed by atoms with Crippen molar-refractivity contribution in [2.45, 2.75) is 62.4 Å². The van der Waals surface area contributed by atoms with Crippen LogP contribution in [0.4, 0.5) is 5.69 Å². The molecule has 1 amide bonds. The molecule has 0 unspecified atom stereocenters. The van der Waals surface area contributed by atoms with Crippen LogP contribution in [0.3, 0.4) is 0 Å². The molecule has 3 atom stereocenters. The third-order valence-electron chi connectivity index (χ3n) is 7.22. The molecule has 0 fully saturated rings. The number of aliphatic imine (C=N–C) groups is 1. The summed E-state index contributed by atoms with van der Waals surface area (Å²) < 4.78 is 38.6. The topological polar surface area (TPSA) is 165 Å². The van der Waals surface area contributed by atoms with E-state index in [1.54, 1.807) is 44.2 Å². The fourth-order valence-corrected chi connectivity index (χ4v) is 7.24. The SMILES string of the molecule is C[C@H]1C[C@@H]2[C@](C)(N=C(N)C(C)(C)S2(O)O)c2cc(NC(=O)c3ccc(OCc4ncco4)cn3)ccc2O1. The Balaban J connectivity index is 1.40. The molecule has 0 saturated heterocycles. The van der Waals surface area contributed by atoms with Crippen LogP contribution in [0.15, 0.2) is 58.4 Å². The maximum Gasteiger partial charge on any atom is 0.274 e. The number of fused-ring (bicyclic) bond motifs is 3. The van der Waals surface area contributed by atoms with Gasteiger partial charge in [0.15, 0.2) is 6.61 Å². The molecule has 2 aliphatic heterocycles. The van der Waals surface area contributed by atoms with Gasteiger partial charge in [0.1, 0.15) is 39.6 Å². The van der Waals surface area contributed by atoms with Crippen molar-refractivity contribution in [1.29, 1.82) is 0 Å². The summed E-state index contributed by atoms with van der Waals surface area (Å²) in [4.78, 5) is 26.0. The first-order chi connectivity index (χ1) is 17.9. The molecule has 2 aliphatic rings. The lowest BCUT2D eigenvalue weighted by Crippen LogP contribution is -2.57. The van der Waals surface area contributed by atoms with Crippen LogP contribution in [0.5, 0.6) is 11.5 Å². The van der Waals surface area contributed by atoms with Gasteiger partial charge in [0.05, 0.1) is 23.7 Å². The summed E-state index contributed by atoms with van der Waals surface area (Å²) in [6, 6.07) is 8.40. The standard InChI is InChI=1S/C26H31N5O6S/c1-15-11-21-26(4,31-24(27)25(2,3)38(21,33)34)18-12-16(5-8-20(18)37-15)30-23(32)19-7-6-17(13-29-19)36-14-22-28-9-10-35-22/h5-10,12-13,15,21,33-34H,11,14H2,1-4H3,(H2,27,31)(H,30,32)/t15-,21+,26+/m0/s1. The molecule has 5 N–H and O–H groups in total. The first kappa shape index (κ1) is 26.0. The van der Waals surface area contributed by atoms with Crippen molar-refractivity contribution < 1.29 is 27.8 Å². The number of benzene rings is 1. The Morgan fingerprint density at radius 3 is 2.71 bits per heavy atom. The van der Waals surface area contributed by atoms with Crippen molar-refractivity contribution in [2.75, 3.05) is 5.32 Å². The van der Waals surface area contributed by atoms with Gasteiger partial charge in [-0.2, -0.15) is 10.6 Å². The normalized spacial score (nSPS) is 26.0. The lowest BCUT2D eigenvalue weighted by Gasteiger charge is -2.58. The number of hydrogen-bond acceptors (Lipinski definition) is 10. The molecule has 11 nitrogen and oxygen atoms in total. The number of aromatic nitrogens is 2. The lowest BCUT2D eigenvalue weighted by molar-refractivity contribution is 0.102. The second kappa shape index (κ2) is 9.29. The van der Waals surface area contributed by atoms with Crippen LogP contribution in [0.1, 0.15) is 56.1 Å². The molecular weight excluding hydrogens is 510 g/mol. The number of amides is 1. The zero-order chi connectivity index (χ0) is 27.3. The quantitative estimate of drug-likeness (QED) is 0.362. The molecule has 3 aromatic rings. The van der Waals surface area contributed by atoms with E-state index in [0.717, 1.165) is 0 Å². The van der Waals surface area contributed by atoms with Gasteiger partial charge in [0, 0.05) is 17.7 Å². The smallest absolute Gasteiger partial charge is 0.274 e. The first-order valence-electron chi connectivity index (χ1n) is 12.1. The summed E-state index contributed by atoms with van der Waals surface area (Å²) in [6.45, 7) is 7.26. The van der Waals surface area contributed by atoms with E-state index in [1.807, 2.05) is 13.8 Å². The molecule has 12 heteroatoms. The highest BCUT2D eigenvalue weighted by molar-refractivity contribution is 8.26. The third-order valence-corrected chi connectivity index (χ3v) is 10.4. The van der Waals surface area contributed by atoms with E-state index in [9.17, 15) is 13.9 Å². The number of oxazole rings is 1. The van der Waals surface area contributed by atoms with Crippen LogP contribution in [0, 0.1) is 0 Å².